The molecule has 110 valence electrons. The van der Waals surface area contributed by atoms with Crippen molar-refractivity contribution in [3.05, 3.63) is 42.0 Å². The van der Waals surface area contributed by atoms with Crippen LogP contribution < -0.4 is 4.74 Å². The topological polar surface area (TPSA) is 63.7 Å². The maximum Gasteiger partial charge on any atom is 0.416 e. The predicted molar refractivity (Wildman–Crippen MR) is 66.3 cm³/mol. The van der Waals surface area contributed by atoms with Gasteiger partial charge >= 0.3 is 6.18 Å². The molecule has 21 heavy (non-hydrogen) atoms. The molecular weight excluding hydrogens is 285 g/mol. The van der Waals surface area contributed by atoms with Gasteiger partial charge in [0.1, 0.15) is 18.1 Å². The average molecular weight is 296 g/mol. The zero-order valence-electron chi connectivity index (χ0n) is 10.8. The molecule has 0 fully saturated rings. The van der Waals surface area contributed by atoms with Gasteiger partial charge in [0.25, 0.3) is 5.82 Å². The van der Waals surface area contributed by atoms with E-state index < -0.39 is 11.7 Å². The Morgan fingerprint density at radius 2 is 2.14 bits per heavy atom. The first kappa shape index (κ1) is 14.8. The molecule has 1 aromatic carbocycles. The van der Waals surface area contributed by atoms with Gasteiger partial charge in [0.05, 0.1) is 12.2 Å². The maximum atomic E-state index is 12.5. The van der Waals surface area contributed by atoms with Crippen molar-refractivity contribution < 1.29 is 17.9 Å². The van der Waals surface area contributed by atoms with Gasteiger partial charge in [-0.1, -0.05) is 6.07 Å². The molecule has 0 bridgehead atoms. The minimum Gasteiger partial charge on any atom is -0.494 e. The van der Waals surface area contributed by atoms with Gasteiger partial charge in [-0.05, 0) is 18.2 Å². The van der Waals surface area contributed by atoms with E-state index >= 15 is 0 Å². The van der Waals surface area contributed by atoms with Gasteiger partial charge in [0, 0.05) is 13.0 Å². The second-order valence-electron chi connectivity index (χ2n) is 4.17. The first-order chi connectivity index (χ1) is 9.99. The van der Waals surface area contributed by atoms with E-state index in [9.17, 15) is 13.2 Å². The highest BCUT2D eigenvalue weighted by molar-refractivity contribution is 5.30. The summed E-state index contributed by atoms with van der Waals surface area (Å²) in [5.74, 6) is 0.245. The van der Waals surface area contributed by atoms with E-state index in [1.54, 1.807) is 6.07 Å². The van der Waals surface area contributed by atoms with Crippen LogP contribution in [0.1, 0.15) is 17.8 Å². The molecule has 0 aliphatic rings. The third-order valence-corrected chi connectivity index (χ3v) is 2.60. The number of halogens is 3. The van der Waals surface area contributed by atoms with Crippen molar-refractivity contribution in [1.29, 1.82) is 5.26 Å². The SMILES string of the molecule is N#Cc1ncn(CCCOc2cccc(C(F)(F)F)c2)n1. The van der Waals surface area contributed by atoms with E-state index in [1.807, 2.05) is 0 Å². The zero-order chi connectivity index (χ0) is 15.3. The average Bonchev–Trinajstić information content (AvgIpc) is 2.91. The number of aromatic nitrogens is 3. The van der Waals surface area contributed by atoms with Crippen molar-refractivity contribution in [3.63, 3.8) is 0 Å². The summed E-state index contributed by atoms with van der Waals surface area (Å²) in [6, 6.07) is 6.53. The van der Waals surface area contributed by atoms with Gasteiger partial charge in [0.15, 0.2) is 0 Å². The highest BCUT2D eigenvalue weighted by Gasteiger charge is 2.30. The molecule has 0 saturated heterocycles. The summed E-state index contributed by atoms with van der Waals surface area (Å²) in [4.78, 5) is 3.74. The maximum absolute atomic E-state index is 12.5. The molecule has 0 atom stereocenters. The van der Waals surface area contributed by atoms with Gasteiger partial charge in [-0.2, -0.15) is 18.4 Å². The van der Waals surface area contributed by atoms with Crippen LogP contribution in [-0.4, -0.2) is 21.4 Å². The van der Waals surface area contributed by atoms with Crippen LogP contribution in [0.25, 0.3) is 0 Å². The summed E-state index contributed by atoms with van der Waals surface area (Å²) >= 11 is 0. The Morgan fingerprint density at radius 3 is 2.81 bits per heavy atom. The molecule has 0 unspecified atom stereocenters. The number of rotatable bonds is 5. The molecular formula is C13H11F3N4O. The van der Waals surface area contributed by atoms with Gasteiger partial charge in [0.2, 0.25) is 0 Å². The van der Waals surface area contributed by atoms with Gasteiger partial charge in [-0.3, -0.25) is 4.68 Å². The lowest BCUT2D eigenvalue weighted by Crippen LogP contribution is -2.07. The fraction of sp³-hybridized carbons (Fsp3) is 0.308. The minimum absolute atomic E-state index is 0.0776. The van der Waals surface area contributed by atoms with Crippen molar-refractivity contribution >= 4 is 0 Å². The van der Waals surface area contributed by atoms with Crippen LogP contribution in [0.4, 0.5) is 13.2 Å². The minimum atomic E-state index is -4.38. The van der Waals surface area contributed by atoms with Crippen LogP contribution in [0, 0.1) is 11.3 Å². The smallest absolute Gasteiger partial charge is 0.416 e. The number of hydrogen-bond acceptors (Lipinski definition) is 4. The standard InChI is InChI=1S/C13H11F3N4O/c14-13(15,16)10-3-1-4-11(7-10)21-6-2-5-20-9-18-12(8-17)19-20/h1,3-4,7,9H,2,5-6H2. The van der Waals surface area contributed by atoms with E-state index in [0.29, 0.717) is 13.0 Å². The Bertz CT molecular complexity index is 645. The molecule has 0 radical (unpaired) electrons. The predicted octanol–water partition coefficient (Wildman–Crippen LogP) is 2.64. The number of alkyl halides is 3. The molecule has 8 heteroatoms. The zero-order valence-corrected chi connectivity index (χ0v) is 10.8. The highest BCUT2D eigenvalue weighted by Crippen LogP contribution is 2.31. The Labute approximate surface area is 118 Å². The Kier molecular flexibility index (Phi) is 4.42. The van der Waals surface area contributed by atoms with Crippen LogP contribution in [0.5, 0.6) is 5.75 Å². The van der Waals surface area contributed by atoms with Crippen LogP contribution >= 0.6 is 0 Å². The van der Waals surface area contributed by atoms with Crippen LogP contribution in [0.3, 0.4) is 0 Å². The number of nitriles is 1. The summed E-state index contributed by atoms with van der Waals surface area (Å²) in [6.45, 7) is 0.705. The normalized spacial score (nSPS) is 11.1. The largest absolute Gasteiger partial charge is 0.494 e. The number of ether oxygens (including phenoxy) is 1. The molecule has 0 N–H and O–H groups in total. The first-order valence-corrected chi connectivity index (χ1v) is 6.08. The Morgan fingerprint density at radius 1 is 1.33 bits per heavy atom. The van der Waals surface area contributed by atoms with Gasteiger partial charge in [-0.25, -0.2) is 4.98 Å². The van der Waals surface area contributed by atoms with Crippen LogP contribution in [-0.2, 0) is 12.7 Å². The molecule has 0 aliphatic carbocycles. The number of aryl methyl sites for hydroxylation is 1. The summed E-state index contributed by atoms with van der Waals surface area (Å²) in [6.07, 6.45) is -2.43. The number of benzene rings is 1. The van der Waals surface area contributed by atoms with Crippen molar-refractivity contribution in [2.24, 2.45) is 0 Å². The Balaban J connectivity index is 1.82. The third-order valence-electron chi connectivity index (χ3n) is 2.60. The summed E-state index contributed by atoms with van der Waals surface area (Å²) in [5.41, 5.74) is -0.741. The molecule has 0 saturated carbocycles. The van der Waals surface area contributed by atoms with Crippen LogP contribution in [0.15, 0.2) is 30.6 Å². The lowest BCUT2D eigenvalue weighted by atomic mass is 10.2. The first-order valence-electron chi connectivity index (χ1n) is 6.08. The number of hydrogen-bond donors (Lipinski definition) is 0. The monoisotopic (exact) mass is 296 g/mol. The highest BCUT2D eigenvalue weighted by atomic mass is 19.4. The van der Waals surface area contributed by atoms with E-state index in [2.05, 4.69) is 10.1 Å². The Hall–Kier alpha value is -2.56. The summed E-state index contributed by atoms with van der Waals surface area (Å²) in [5, 5.41) is 12.4. The lowest BCUT2D eigenvalue weighted by molar-refractivity contribution is -0.137. The van der Waals surface area contributed by atoms with Crippen molar-refractivity contribution in [1.82, 2.24) is 14.8 Å². The third kappa shape index (κ3) is 4.21. The molecule has 2 aromatic rings. The van der Waals surface area contributed by atoms with E-state index in [1.165, 1.54) is 23.1 Å². The quantitative estimate of drug-likeness (QED) is 0.796. The second kappa shape index (κ2) is 6.26. The van der Waals surface area contributed by atoms with Gasteiger partial charge < -0.3 is 4.74 Å². The summed E-state index contributed by atoms with van der Waals surface area (Å²) < 4.78 is 44.3. The summed E-state index contributed by atoms with van der Waals surface area (Å²) in [7, 11) is 0. The fourth-order valence-electron chi connectivity index (χ4n) is 1.63. The van der Waals surface area contributed by atoms with E-state index in [-0.39, 0.29) is 18.2 Å². The second-order valence-corrected chi connectivity index (χ2v) is 4.17. The molecule has 5 nitrogen and oxygen atoms in total. The molecule has 1 heterocycles. The lowest BCUT2D eigenvalue weighted by Gasteiger charge is -2.10. The van der Waals surface area contributed by atoms with E-state index in [4.69, 9.17) is 10.00 Å². The van der Waals surface area contributed by atoms with Crippen molar-refractivity contribution in [2.75, 3.05) is 6.61 Å². The molecule has 1 aromatic heterocycles. The molecule has 2 rings (SSSR count). The number of nitrogens with zero attached hydrogens (tertiary/aromatic N) is 4. The van der Waals surface area contributed by atoms with Crippen LogP contribution in [0.2, 0.25) is 0 Å². The van der Waals surface area contributed by atoms with Crippen molar-refractivity contribution in [2.45, 2.75) is 19.1 Å². The van der Waals surface area contributed by atoms with Crippen molar-refractivity contribution in [3.8, 4) is 11.8 Å². The molecule has 0 amide bonds. The van der Waals surface area contributed by atoms with Gasteiger partial charge in [-0.15, -0.1) is 5.10 Å². The fourth-order valence-corrected chi connectivity index (χ4v) is 1.63. The molecule has 0 spiro atoms. The molecule has 0 aliphatic heterocycles. The van der Waals surface area contributed by atoms with E-state index in [0.717, 1.165) is 12.1 Å².